The van der Waals surface area contributed by atoms with E-state index in [9.17, 15) is 9.59 Å². The van der Waals surface area contributed by atoms with Crippen molar-refractivity contribution >= 4 is 11.8 Å². The van der Waals surface area contributed by atoms with Crippen LogP contribution in [0, 0.1) is 5.41 Å². The lowest BCUT2D eigenvalue weighted by atomic mass is 9.79. The molecule has 2 saturated heterocycles. The van der Waals surface area contributed by atoms with Crippen molar-refractivity contribution < 1.29 is 14.3 Å². The average Bonchev–Trinajstić information content (AvgIpc) is 2.99. The molecule has 2 heterocycles. The van der Waals surface area contributed by atoms with Crippen LogP contribution in [0.5, 0.6) is 0 Å². The summed E-state index contributed by atoms with van der Waals surface area (Å²) in [5.41, 5.74) is 5.20. The molecule has 0 atom stereocenters. The zero-order chi connectivity index (χ0) is 13.7. The standard InChI is InChI=1S/C13H23N3O3/c14-10-13(3-7-19-8-4-13)12(18)15-9-11(17)16-5-1-2-6-16/h1-10,14H2,(H,15,18). The second-order valence-electron chi connectivity index (χ2n) is 5.37. The van der Waals surface area contributed by atoms with Gasteiger partial charge in [0.05, 0.1) is 12.0 Å². The summed E-state index contributed by atoms with van der Waals surface area (Å²) >= 11 is 0. The Labute approximate surface area is 113 Å². The molecule has 2 fully saturated rings. The van der Waals surface area contributed by atoms with Gasteiger partial charge in [0.25, 0.3) is 0 Å². The number of rotatable bonds is 4. The normalized spacial score (nSPS) is 22.3. The van der Waals surface area contributed by atoms with Gasteiger partial charge in [-0.05, 0) is 25.7 Å². The lowest BCUT2D eigenvalue weighted by Crippen LogP contribution is -2.51. The minimum absolute atomic E-state index is 0.00470. The number of nitrogens with zero attached hydrogens (tertiary/aromatic N) is 1. The second kappa shape index (κ2) is 6.34. The fraction of sp³-hybridized carbons (Fsp3) is 0.846. The zero-order valence-electron chi connectivity index (χ0n) is 11.3. The highest BCUT2D eigenvalue weighted by Crippen LogP contribution is 2.29. The van der Waals surface area contributed by atoms with E-state index in [0.717, 1.165) is 25.9 Å². The molecule has 2 rings (SSSR count). The molecule has 0 aromatic rings. The molecule has 19 heavy (non-hydrogen) atoms. The predicted octanol–water partition coefficient (Wildman–Crippen LogP) is -0.520. The molecule has 0 radical (unpaired) electrons. The molecule has 2 aliphatic heterocycles. The van der Waals surface area contributed by atoms with E-state index >= 15 is 0 Å². The molecule has 0 saturated carbocycles. The number of carbonyl (C=O) groups is 2. The first kappa shape index (κ1) is 14.3. The van der Waals surface area contributed by atoms with Crippen LogP contribution in [-0.4, -0.2) is 56.1 Å². The Hall–Kier alpha value is -1.14. The van der Waals surface area contributed by atoms with Crippen molar-refractivity contribution in [3.05, 3.63) is 0 Å². The van der Waals surface area contributed by atoms with Gasteiger partial charge in [0.2, 0.25) is 11.8 Å². The average molecular weight is 269 g/mol. The number of hydrogen-bond acceptors (Lipinski definition) is 4. The highest BCUT2D eigenvalue weighted by atomic mass is 16.5. The Morgan fingerprint density at radius 2 is 1.84 bits per heavy atom. The number of ether oxygens (including phenoxy) is 1. The largest absolute Gasteiger partial charge is 0.381 e. The van der Waals surface area contributed by atoms with Gasteiger partial charge in [-0.3, -0.25) is 9.59 Å². The van der Waals surface area contributed by atoms with E-state index in [2.05, 4.69) is 5.32 Å². The van der Waals surface area contributed by atoms with Gasteiger partial charge in [-0.2, -0.15) is 0 Å². The maximum absolute atomic E-state index is 12.3. The van der Waals surface area contributed by atoms with E-state index in [1.165, 1.54) is 0 Å². The van der Waals surface area contributed by atoms with Crippen LogP contribution in [0.4, 0.5) is 0 Å². The zero-order valence-corrected chi connectivity index (χ0v) is 11.3. The molecule has 108 valence electrons. The summed E-state index contributed by atoms with van der Waals surface area (Å²) in [4.78, 5) is 25.9. The number of nitrogens with one attached hydrogen (secondary N) is 1. The summed E-state index contributed by atoms with van der Waals surface area (Å²) in [5, 5.41) is 2.76. The van der Waals surface area contributed by atoms with Gasteiger partial charge in [0, 0.05) is 32.8 Å². The monoisotopic (exact) mass is 269 g/mol. The fourth-order valence-electron chi connectivity index (χ4n) is 2.71. The molecule has 3 N–H and O–H groups in total. The number of likely N-dealkylation sites (tertiary alicyclic amines) is 1. The summed E-state index contributed by atoms with van der Waals surface area (Å²) in [6, 6.07) is 0. The molecule has 0 aliphatic carbocycles. The summed E-state index contributed by atoms with van der Waals surface area (Å²) in [5.74, 6) is -0.101. The van der Waals surface area contributed by atoms with Crippen molar-refractivity contribution in [1.29, 1.82) is 0 Å². The molecule has 6 nitrogen and oxygen atoms in total. The number of carbonyl (C=O) groups excluding carboxylic acids is 2. The van der Waals surface area contributed by atoms with Crippen LogP contribution >= 0.6 is 0 Å². The fourth-order valence-corrected chi connectivity index (χ4v) is 2.71. The minimum atomic E-state index is -0.552. The highest BCUT2D eigenvalue weighted by molar-refractivity contribution is 5.88. The van der Waals surface area contributed by atoms with E-state index in [1.807, 2.05) is 0 Å². The van der Waals surface area contributed by atoms with Crippen LogP contribution < -0.4 is 11.1 Å². The summed E-state index contributed by atoms with van der Waals surface area (Å²) in [6.45, 7) is 3.13. The molecule has 0 bridgehead atoms. The molecular formula is C13H23N3O3. The van der Waals surface area contributed by atoms with Gasteiger partial charge in [-0.15, -0.1) is 0 Å². The molecule has 0 aromatic carbocycles. The molecule has 0 unspecified atom stereocenters. The van der Waals surface area contributed by atoms with E-state index in [4.69, 9.17) is 10.5 Å². The molecule has 6 heteroatoms. The maximum Gasteiger partial charge on any atom is 0.241 e. The van der Waals surface area contributed by atoms with E-state index in [-0.39, 0.29) is 18.4 Å². The number of nitrogens with two attached hydrogens (primary N) is 1. The summed E-state index contributed by atoms with van der Waals surface area (Å²) < 4.78 is 5.27. The van der Waals surface area contributed by atoms with Crippen molar-refractivity contribution in [2.24, 2.45) is 11.1 Å². The second-order valence-corrected chi connectivity index (χ2v) is 5.37. The highest BCUT2D eigenvalue weighted by Gasteiger charge is 2.38. The van der Waals surface area contributed by atoms with Crippen LogP contribution in [0.3, 0.4) is 0 Å². The van der Waals surface area contributed by atoms with E-state index < -0.39 is 5.41 Å². The predicted molar refractivity (Wildman–Crippen MR) is 70.4 cm³/mol. The van der Waals surface area contributed by atoms with Gasteiger partial charge in [0.15, 0.2) is 0 Å². The third-order valence-corrected chi connectivity index (χ3v) is 4.18. The first-order valence-electron chi connectivity index (χ1n) is 7.02. The Morgan fingerprint density at radius 1 is 1.21 bits per heavy atom. The quantitative estimate of drug-likeness (QED) is 0.719. The smallest absolute Gasteiger partial charge is 0.241 e. The van der Waals surface area contributed by atoms with Crippen LogP contribution in [0.1, 0.15) is 25.7 Å². The van der Waals surface area contributed by atoms with Crippen molar-refractivity contribution in [2.45, 2.75) is 25.7 Å². The van der Waals surface area contributed by atoms with Crippen molar-refractivity contribution in [1.82, 2.24) is 10.2 Å². The van der Waals surface area contributed by atoms with E-state index in [0.29, 0.717) is 32.6 Å². The number of amides is 2. The van der Waals surface area contributed by atoms with Crippen molar-refractivity contribution in [2.75, 3.05) is 39.4 Å². The molecular weight excluding hydrogens is 246 g/mol. The SMILES string of the molecule is NCC1(C(=O)NCC(=O)N2CCCC2)CCOCC1. The third kappa shape index (κ3) is 3.25. The van der Waals surface area contributed by atoms with Gasteiger partial charge < -0.3 is 20.7 Å². The topological polar surface area (TPSA) is 84.7 Å². The molecule has 0 spiro atoms. The summed E-state index contributed by atoms with van der Waals surface area (Å²) in [7, 11) is 0. The lowest BCUT2D eigenvalue weighted by molar-refractivity contribution is -0.139. The Balaban J connectivity index is 1.83. The lowest BCUT2D eigenvalue weighted by Gasteiger charge is -2.34. The van der Waals surface area contributed by atoms with Crippen LogP contribution in [0.15, 0.2) is 0 Å². The van der Waals surface area contributed by atoms with Gasteiger partial charge in [0.1, 0.15) is 0 Å². The Kier molecular flexibility index (Phi) is 4.76. The molecule has 2 aliphatic rings. The Morgan fingerprint density at radius 3 is 2.42 bits per heavy atom. The number of hydrogen-bond donors (Lipinski definition) is 2. The third-order valence-electron chi connectivity index (χ3n) is 4.18. The minimum Gasteiger partial charge on any atom is -0.381 e. The molecule has 2 amide bonds. The van der Waals surface area contributed by atoms with Crippen molar-refractivity contribution in [3.8, 4) is 0 Å². The van der Waals surface area contributed by atoms with Crippen LogP contribution in [0.2, 0.25) is 0 Å². The first-order chi connectivity index (χ1) is 9.18. The summed E-state index contributed by atoms with van der Waals surface area (Å²) in [6.07, 6.45) is 3.38. The Bertz CT molecular complexity index is 334. The maximum atomic E-state index is 12.3. The van der Waals surface area contributed by atoms with Crippen LogP contribution in [0.25, 0.3) is 0 Å². The van der Waals surface area contributed by atoms with Crippen molar-refractivity contribution in [3.63, 3.8) is 0 Å². The van der Waals surface area contributed by atoms with E-state index in [1.54, 1.807) is 4.90 Å². The first-order valence-corrected chi connectivity index (χ1v) is 7.02. The van der Waals surface area contributed by atoms with Gasteiger partial charge in [-0.1, -0.05) is 0 Å². The van der Waals surface area contributed by atoms with Gasteiger partial charge >= 0.3 is 0 Å². The van der Waals surface area contributed by atoms with Crippen LogP contribution in [-0.2, 0) is 14.3 Å². The molecule has 0 aromatic heterocycles. The van der Waals surface area contributed by atoms with Gasteiger partial charge in [-0.25, -0.2) is 0 Å².